The maximum Gasteiger partial charge on any atom is 0.251 e. The van der Waals surface area contributed by atoms with Crippen LogP contribution in [0, 0.1) is 6.92 Å². The molecule has 0 unspecified atom stereocenters. The van der Waals surface area contributed by atoms with Crippen molar-refractivity contribution in [2.75, 3.05) is 27.8 Å². The summed E-state index contributed by atoms with van der Waals surface area (Å²) in [5.41, 5.74) is 2.50. The number of aryl methyl sites for hydroxylation is 1. The number of benzene rings is 2. The van der Waals surface area contributed by atoms with E-state index in [9.17, 15) is 9.59 Å². The third-order valence-corrected chi connectivity index (χ3v) is 4.23. The number of rotatable bonds is 8. The second-order valence-electron chi connectivity index (χ2n) is 6.30. The SMILES string of the molecule is COc1ccc(CN(C)C(=O)CCNC(=O)c2cccc(C)c2)c(OC)c1. The second kappa shape index (κ2) is 9.62. The number of ether oxygens (including phenoxy) is 2. The lowest BCUT2D eigenvalue weighted by Gasteiger charge is -2.19. The van der Waals surface area contributed by atoms with Crippen molar-refractivity contribution in [2.45, 2.75) is 19.9 Å². The van der Waals surface area contributed by atoms with E-state index in [2.05, 4.69) is 5.32 Å². The van der Waals surface area contributed by atoms with Gasteiger partial charge in [0.1, 0.15) is 11.5 Å². The minimum absolute atomic E-state index is 0.0580. The third kappa shape index (κ3) is 5.74. The van der Waals surface area contributed by atoms with Crippen molar-refractivity contribution in [3.63, 3.8) is 0 Å². The van der Waals surface area contributed by atoms with Crippen LogP contribution in [0.3, 0.4) is 0 Å². The first kappa shape index (κ1) is 20.3. The van der Waals surface area contributed by atoms with Crippen LogP contribution in [0.2, 0.25) is 0 Å². The highest BCUT2D eigenvalue weighted by Crippen LogP contribution is 2.25. The molecule has 2 rings (SSSR count). The molecule has 0 radical (unpaired) electrons. The van der Waals surface area contributed by atoms with Crippen molar-refractivity contribution in [1.29, 1.82) is 0 Å². The molecule has 0 atom stereocenters. The van der Waals surface area contributed by atoms with Crippen LogP contribution in [0.25, 0.3) is 0 Å². The fourth-order valence-electron chi connectivity index (χ4n) is 2.69. The Balaban J connectivity index is 1.86. The molecule has 0 aromatic heterocycles. The van der Waals surface area contributed by atoms with Crippen LogP contribution in [0.4, 0.5) is 0 Å². The predicted octanol–water partition coefficient (Wildman–Crippen LogP) is 2.79. The van der Waals surface area contributed by atoms with Crippen molar-refractivity contribution in [2.24, 2.45) is 0 Å². The summed E-state index contributed by atoms with van der Waals surface area (Å²) >= 11 is 0. The van der Waals surface area contributed by atoms with Crippen molar-refractivity contribution >= 4 is 11.8 Å². The van der Waals surface area contributed by atoms with E-state index in [4.69, 9.17) is 9.47 Å². The van der Waals surface area contributed by atoms with Gasteiger partial charge in [0.15, 0.2) is 0 Å². The summed E-state index contributed by atoms with van der Waals surface area (Å²) in [4.78, 5) is 26.1. The Morgan fingerprint density at radius 2 is 1.85 bits per heavy atom. The summed E-state index contributed by atoms with van der Waals surface area (Å²) in [7, 11) is 4.91. The van der Waals surface area contributed by atoms with Gasteiger partial charge in [-0.1, -0.05) is 17.7 Å². The van der Waals surface area contributed by atoms with E-state index in [-0.39, 0.29) is 24.8 Å². The van der Waals surface area contributed by atoms with Crippen LogP contribution in [-0.4, -0.2) is 44.5 Å². The Morgan fingerprint density at radius 1 is 1.07 bits per heavy atom. The molecule has 0 fully saturated rings. The van der Waals surface area contributed by atoms with E-state index < -0.39 is 0 Å². The van der Waals surface area contributed by atoms with Crippen LogP contribution in [0.5, 0.6) is 11.5 Å². The largest absolute Gasteiger partial charge is 0.497 e. The summed E-state index contributed by atoms with van der Waals surface area (Å²) in [5, 5.41) is 2.79. The molecule has 6 nitrogen and oxygen atoms in total. The molecule has 0 saturated carbocycles. The minimum atomic E-state index is -0.175. The highest BCUT2D eigenvalue weighted by molar-refractivity contribution is 5.94. The Hall–Kier alpha value is -3.02. The lowest BCUT2D eigenvalue weighted by molar-refractivity contribution is -0.130. The number of methoxy groups -OCH3 is 2. The van der Waals surface area contributed by atoms with Crippen molar-refractivity contribution in [3.05, 3.63) is 59.2 Å². The summed E-state index contributed by atoms with van der Waals surface area (Å²) in [6, 6.07) is 12.8. The molecule has 0 aliphatic rings. The van der Waals surface area contributed by atoms with Crippen LogP contribution in [0.15, 0.2) is 42.5 Å². The Bertz CT molecular complexity index is 805. The lowest BCUT2D eigenvalue weighted by Crippen LogP contribution is -2.32. The van der Waals surface area contributed by atoms with Gasteiger partial charge < -0.3 is 19.7 Å². The maximum atomic E-state index is 12.4. The van der Waals surface area contributed by atoms with E-state index in [1.165, 1.54) is 0 Å². The Morgan fingerprint density at radius 3 is 2.52 bits per heavy atom. The number of carbonyl (C=O) groups excluding carboxylic acids is 2. The predicted molar refractivity (Wildman–Crippen MR) is 104 cm³/mol. The zero-order chi connectivity index (χ0) is 19.8. The first-order valence-corrected chi connectivity index (χ1v) is 8.74. The fraction of sp³-hybridized carbons (Fsp3) is 0.333. The number of hydrogen-bond acceptors (Lipinski definition) is 4. The molecular formula is C21H26N2O4. The molecule has 0 bridgehead atoms. The van der Waals surface area contributed by atoms with Crippen molar-refractivity contribution < 1.29 is 19.1 Å². The molecule has 1 N–H and O–H groups in total. The normalized spacial score (nSPS) is 10.2. The van der Waals surface area contributed by atoms with Gasteiger partial charge in [-0.3, -0.25) is 9.59 Å². The second-order valence-corrected chi connectivity index (χ2v) is 6.30. The number of amides is 2. The molecule has 0 spiro atoms. The van der Waals surface area contributed by atoms with E-state index in [0.29, 0.717) is 23.6 Å². The van der Waals surface area contributed by atoms with E-state index in [1.807, 2.05) is 37.3 Å². The number of hydrogen-bond donors (Lipinski definition) is 1. The molecule has 0 heterocycles. The highest BCUT2D eigenvalue weighted by Gasteiger charge is 2.13. The maximum absolute atomic E-state index is 12.4. The average Bonchev–Trinajstić information content (AvgIpc) is 2.67. The molecule has 2 aromatic carbocycles. The van der Waals surface area contributed by atoms with Gasteiger partial charge in [0, 0.05) is 43.8 Å². The molecule has 0 saturated heterocycles. The molecule has 2 aromatic rings. The van der Waals surface area contributed by atoms with E-state index >= 15 is 0 Å². The standard InChI is InChI=1S/C21H26N2O4/c1-15-6-5-7-16(12-15)21(25)22-11-10-20(24)23(2)14-17-8-9-18(26-3)13-19(17)27-4/h5-9,12-13H,10-11,14H2,1-4H3,(H,22,25). The molecule has 144 valence electrons. The molecule has 0 aliphatic heterocycles. The minimum Gasteiger partial charge on any atom is -0.497 e. The summed E-state index contributed by atoms with van der Waals surface area (Å²) in [6.07, 6.45) is 0.229. The van der Waals surface area contributed by atoms with E-state index in [1.54, 1.807) is 38.3 Å². The summed E-state index contributed by atoms with van der Waals surface area (Å²) in [5.74, 6) is 1.13. The molecular weight excluding hydrogens is 344 g/mol. The zero-order valence-corrected chi connectivity index (χ0v) is 16.2. The molecule has 2 amide bonds. The average molecular weight is 370 g/mol. The number of nitrogens with one attached hydrogen (secondary N) is 1. The van der Waals surface area contributed by atoms with Gasteiger partial charge in [-0.15, -0.1) is 0 Å². The molecule has 27 heavy (non-hydrogen) atoms. The van der Waals surface area contributed by atoms with Crippen molar-refractivity contribution in [3.8, 4) is 11.5 Å². The van der Waals surface area contributed by atoms with Crippen molar-refractivity contribution in [1.82, 2.24) is 10.2 Å². The van der Waals surface area contributed by atoms with Gasteiger partial charge >= 0.3 is 0 Å². The highest BCUT2D eigenvalue weighted by atomic mass is 16.5. The summed E-state index contributed by atoms with van der Waals surface area (Å²) < 4.78 is 10.5. The lowest BCUT2D eigenvalue weighted by atomic mass is 10.1. The summed E-state index contributed by atoms with van der Waals surface area (Å²) in [6.45, 7) is 2.64. The monoisotopic (exact) mass is 370 g/mol. The van der Waals surface area contributed by atoms with Gasteiger partial charge in [-0.2, -0.15) is 0 Å². The van der Waals surface area contributed by atoms with Crippen LogP contribution >= 0.6 is 0 Å². The smallest absolute Gasteiger partial charge is 0.251 e. The van der Waals surface area contributed by atoms with Gasteiger partial charge in [-0.05, 0) is 31.2 Å². The first-order chi connectivity index (χ1) is 12.9. The van der Waals surface area contributed by atoms with Crippen LogP contribution in [-0.2, 0) is 11.3 Å². The fourth-order valence-corrected chi connectivity index (χ4v) is 2.69. The van der Waals surface area contributed by atoms with Gasteiger partial charge in [0.25, 0.3) is 5.91 Å². The van der Waals surface area contributed by atoms with Gasteiger partial charge in [0.05, 0.1) is 14.2 Å². The van der Waals surface area contributed by atoms with Crippen LogP contribution < -0.4 is 14.8 Å². The number of carbonyl (C=O) groups is 2. The molecule has 0 aliphatic carbocycles. The quantitative estimate of drug-likeness (QED) is 0.776. The molecule has 6 heteroatoms. The number of nitrogens with zero attached hydrogens (tertiary/aromatic N) is 1. The topological polar surface area (TPSA) is 67.9 Å². The van der Waals surface area contributed by atoms with E-state index in [0.717, 1.165) is 11.1 Å². The van der Waals surface area contributed by atoms with Gasteiger partial charge in [0.2, 0.25) is 5.91 Å². The zero-order valence-electron chi connectivity index (χ0n) is 16.2. The first-order valence-electron chi connectivity index (χ1n) is 8.74. The Kier molecular flexibility index (Phi) is 7.23. The van der Waals surface area contributed by atoms with Gasteiger partial charge in [-0.25, -0.2) is 0 Å². The third-order valence-electron chi connectivity index (χ3n) is 4.23. The van der Waals surface area contributed by atoms with Crippen LogP contribution in [0.1, 0.15) is 27.9 Å². The Labute approximate surface area is 160 Å².